The van der Waals surface area contributed by atoms with Gasteiger partial charge in [0.2, 0.25) is 5.56 Å². The first-order valence-corrected chi connectivity index (χ1v) is 9.89. The van der Waals surface area contributed by atoms with Gasteiger partial charge in [-0.2, -0.15) is 0 Å². The number of nitrogens with zero attached hydrogens (tertiary/aromatic N) is 3. The summed E-state index contributed by atoms with van der Waals surface area (Å²) in [5.74, 6) is 1.18. The van der Waals surface area contributed by atoms with Gasteiger partial charge < -0.3 is 14.5 Å². The number of aromatic amines is 1. The first-order valence-electron chi connectivity index (χ1n) is 9.89. The van der Waals surface area contributed by atoms with E-state index in [1.54, 1.807) is 0 Å². The molecule has 2 aromatic heterocycles. The highest BCUT2D eigenvalue weighted by Crippen LogP contribution is 2.29. The number of rotatable bonds is 3. The lowest BCUT2D eigenvalue weighted by molar-refractivity contribution is 0.0705. The van der Waals surface area contributed by atoms with Crippen LogP contribution in [0.25, 0.3) is 10.9 Å². The lowest BCUT2D eigenvalue weighted by Gasteiger charge is -2.33. The molecule has 28 heavy (non-hydrogen) atoms. The summed E-state index contributed by atoms with van der Waals surface area (Å²) in [5, 5.41) is 0.801. The Morgan fingerprint density at radius 3 is 2.89 bits per heavy atom. The van der Waals surface area contributed by atoms with Gasteiger partial charge in [0, 0.05) is 54.4 Å². The van der Waals surface area contributed by atoms with E-state index >= 15 is 0 Å². The summed E-state index contributed by atoms with van der Waals surface area (Å²) < 4.78 is 2.19. The lowest BCUT2D eigenvalue weighted by Crippen LogP contribution is -2.40. The summed E-state index contributed by atoms with van der Waals surface area (Å²) >= 11 is 0. The Morgan fingerprint density at radius 2 is 2.11 bits per heavy atom. The second-order valence-electron chi connectivity index (χ2n) is 7.97. The molecule has 0 spiro atoms. The topological polar surface area (TPSA) is 71.0 Å². The molecule has 1 saturated heterocycles. The molecule has 146 valence electrons. The minimum absolute atomic E-state index is 0.0750. The number of hydrogen-bond acceptors (Lipinski definition) is 3. The van der Waals surface area contributed by atoms with Crippen LogP contribution in [0.5, 0.6) is 0 Å². The van der Waals surface area contributed by atoms with E-state index in [2.05, 4.69) is 28.4 Å². The molecule has 3 aromatic rings. The molecule has 1 aliphatic rings. The Kier molecular flexibility index (Phi) is 4.79. The molecule has 0 saturated carbocycles. The quantitative estimate of drug-likeness (QED) is 0.756. The molecule has 3 heterocycles. The highest BCUT2D eigenvalue weighted by molar-refractivity contribution is 6.06. The van der Waals surface area contributed by atoms with Gasteiger partial charge in [0.15, 0.2) is 0 Å². The first-order chi connectivity index (χ1) is 13.4. The molecule has 0 unspecified atom stereocenters. The molecule has 1 fully saturated rings. The molecule has 4 rings (SSSR count). The number of imidazole rings is 1. The largest absolute Gasteiger partial charge is 0.338 e. The van der Waals surface area contributed by atoms with Gasteiger partial charge in [-0.25, -0.2) is 4.98 Å². The van der Waals surface area contributed by atoms with Crippen LogP contribution in [0.15, 0.2) is 41.5 Å². The van der Waals surface area contributed by atoms with Crippen LogP contribution in [-0.4, -0.2) is 38.4 Å². The number of piperidine rings is 1. The first kappa shape index (κ1) is 18.5. The van der Waals surface area contributed by atoms with Crippen molar-refractivity contribution in [1.82, 2.24) is 19.4 Å². The molecule has 1 aromatic carbocycles. The van der Waals surface area contributed by atoms with Gasteiger partial charge in [-0.1, -0.05) is 11.6 Å². The Labute approximate surface area is 164 Å². The van der Waals surface area contributed by atoms with Crippen molar-refractivity contribution in [1.29, 1.82) is 0 Å². The zero-order valence-electron chi connectivity index (χ0n) is 16.6. The van der Waals surface area contributed by atoms with E-state index < -0.39 is 0 Å². The highest BCUT2D eigenvalue weighted by atomic mass is 16.2. The maximum Gasteiger partial charge on any atom is 0.254 e. The second-order valence-corrected chi connectivity index (χ2v) is 7.97. The molecule has 6 nitrogen and oxygen atoms in total. The van der Waals surface area contributed by atoms with Crippen LogP contribution in [0.3, 0.4) is 0 Å². The van der Waals surface area contributed by atoms with Crippen molar-refractivity contribution in [2.24, 2.45) is 0 Å². The monoisotopic (exact) mass is 378 g/mol. The van der Waals surface area contributed by atoms with Gasteiger partial charge in [0.25, 0.3) is 5.91 Å². The molecule has 1 atom stereocenters. The number of aryl methyl sites for hydroxylation is 1. The number of nitrogens with one attached hydrogen (secondary N) is 1. The van der Waals surface area contributed by atoms with E-state index in [0.717, 1.165) is 29.6 Å². The minimum Gasteiger partial charge on any atom is -0.338 e. The number of benzene rings is 1. The summed E-state index contributed by atoms with van der Waals surface area (Å²) in [6.45, 7) is 7.60. The number of carbonyl (C=O) groups excluding carboxylic acids is 1. The van der Waals surface area contributed by atoms with E-state index in [-0.39, 0.29) is 17.4 Å². The number of carbonyl (C=O) groups is 1. The number of pyridine rings is 1. The van der Waals surface area contributed by atoms with Gasteiger partial charge in [-0.3, -0.25) is 9.59 Å². The van der Waals surface area contributed by atoms with Crippen molar-refractivity contribution in [3.05, 3.63) is 64.0 Å². The summed E-state index contributed by atoms with van der Waals surface area (Å²) in [6, 6.07) is 7.54. The van der Waals surface area contributed by atoms with Gasteiger partial charge in [0.05, 0.1) is 5.56 Å². The number of hydrogen-bond donors (Lipinski definition) is 1. The summed E-state index contributed by atoms with van der Waals surface area (Å²) in [7, 11) is 0. The molecule has 0 bridgehead atoms. The third-order valence-electron chi connectivity index (χ3n) is 5.56. The predicted octanol–water partition coefficient (Wildman–Crippen LogP) is 3.63. The van der Waals surface area contributed by atoms with E-state index in [9.17, 15) is 9.59 Å². The van der Waals surface area contributed by atoms with E-state index in [1.807, 2.05) is 42.4 Å². The van der Waals surface area contributed by atoms with Gasteiger partial charge in [0.1, 0.15) is 5.82 Å². The van der Waals surface area contributed by atoms with Crippen LogP contribution in [0, 0.1) is 6.92 Å². The summed E-state index contributed by atoms with van der Waals surface area (Å²) in [6.07, 6.45) is 5.79. The maximum atomic E-state index is 13.4. The maximum absolute atomic E-state index is 13.4. The van der Waals surface area contributed by atoms with Crippen LogP contribution in [0.1, 0.15) is 60.4 Å². The fraction of sp³-hybridized carbons (Fsp3) is 0.409. The standard InChI is InChI=1S/C22H26N4O2/c1-14(2)26-10-8-23-21(26)16-5-4-9-25(13-16)22(28)18-12-20(27)24-19-7-6-15(3)11-17(18)19/h6-8,10-12,14,16H,4-5,9,13H2,1-3H3,(H,24,27)/t16-/m0/s1. The predicted molar refractivity (Wildman–Crippen MR) is 110 cm³/mol. The number of aromatic nitrogens is 3. The van der Waals surface area contributed by atoms with Crippen molar-refractivity contribution in [3.63, 3.8) is 0 Å². The average Bonchev–Trinajstić information content (AvgIpc) is 3.17. The van der Waals surface area contributed by atoms with Gasteiger partial charge in [-0.05, 0) is 45.7 Å². The fourth-order valence-corrected chi connectivity index (χ4v) is 4.16. The van der Waals surface area contributed by atoms with Crippen LogP contribution in [0.4, 0.5) is 0 Å². The number of H-pyrrole nitrogens is 1. The van der Waals surface area contributed by atoms with Crippen LogP contribution in [0.2, 0.25) is 0 Å². The molecule has 6 heteroatoms. The lowest BCUT2D eigenvalue weighted by atomic mass is 9.95. The Balaban J connectivity index is 1.67. The second kappa shape index (κ2) is 7.26. The smallest absolute Gasteiger partial charge is 0.254 e. The van der Waals surface area contributed by atoms with E-state index in [0.29, 0.717) is 30.2 Å². The Bertz CT molecular complexity index is 1080. The fourth-order valence-electron chi connectivity index (χ4n) is 4.16. The molecule has 1 N–H and O–H groups in total. The van der Waals surface area contributed by atoms with Crippen molar-refractivity contribution >= 4 is 16.8 Å². The van der Waals surface area contributed by atoms with Crippen molar-refractivity contribution in [2.45, 2.75) is 45.6 Å². The van der Waals surface area contributed by atoms with Gasteiger partial charge in [-0.15, -0.1) is 0 Å². The van der Waals surface area contributed by atoms with Crippen molar-refractivity contribution < 1.29 is 4.79 Å². The third kappa shape index (κ3) is 3.35. The molecule has 0 radical (unpaired) electrons. The van der Waals surface area contributed by atoms with Crippen LogP contribution in [-0.2, 0) is 0 Å². The van der Waals surface area contributed by atoms with Gasteiger partial charge >= 0.3 is 0 Å². The molecule has 0 aliphatic carbocycles. The molecule has 1 aliphatic heterocycles. The highest BCUT2D eigenvalue weighted by Gasteiger charge is 2.29. The number of likely N-dealkylation sites (tertiary alicyclic amines) is 1. The zero-order valence-corrected chi connectivity index (χ0v) is 16.6. The normalized spacial score (nSPS) is 17.4. The Morgan fingerprint density at radius 1 is 1.29 bits per heavy atom. The number of amides is 1. The van der Waals surface area contributed by atoms with E-state index in [4.69, 9.17) is 0 Å². The third-order valence-corrected chi connectivity index (χ3v) is 5.56. The SMILES string of the molecule is Cc1ccc2[nH]c(=O)cc(C(=O)N3CCC[C@H](c4nccn4C(C)C)C3)c2c1. The summed E-state index contributed by atoms with van der Waals surface area (Å²) in [4.78, 5) is 34.7. The minimum atomic E-state index is -0.247. The number of fused-ring (bicyclic) bond motifs is 1. The average molecular weight is 378 g/mol. The zero-order chi connectivity index (χ0) is 19.8. The summed E-state index contributed by atoms with van der Waals surface area (Å²) in [5.41, 5.74) is 1.99. The molecular weight excluding hydrogens is 352 g/mol. The van der Waals surface area contributed by atoms with Crippen molar-refractivity contribution in [2.75, 3.05) is 13.1 Å². The molecular formula is C22H26N4O2. The van der Waals surface area contributed by atoms with Crippen molar-refractivity contribution in [3.8, 4) is 0 Å². The van der Waals surface area contributed by atoms with E-state index in [1.165, 1.54) is 6.07 Å². The van der Waals surface area contributed by atoms with Crippen LogP contribution >= 0.6 is 0 Å². The Hall–Kier alpha value is -2.89. The van der Waals surface area contributed by atoms with Crippen LogP contribution < -0.4 is 5.56 Å². The molecule has 1 amide bonds.